The van der Waals surface area contributed by atoms with Gasteiger partial charge in [0.25, 0.3) is 5.91 Å². The van der Waals surface area contributed by atoms with Gasteiger partial charge in [-0.1, -0.05) is 13.0 Å². The molecule has 1 aromatic rings. The molecule has 2 rings (SSSR count). The van der Waals surface area contributed by atoms with E-state index in [4.69, 9.17) is 0 Å². The second-order valence-electron chi connectivity index (χ2n) is 5.00. The van der Waals surface area contributed by atoms with Crippen LogP contribution in [-0.4, -0.2) is 30.9 Å². The normalized spacial score (nSPS) is 17.5. The first-order chi connectivity index (χ1) is 9.69. The van der Waals surface area contributed by atoms with Crippen LogP contribution in [0.3, 0.4) is 0 Å². The highest BCUT2D eigenvalue weighted by Crippen LogP contribution is 2.12. The molecule has 21 heavy (non-hydrogen) atoms. The summed E-state index contributed by atoms with van der Waals surface area (Å²) < 4.78 is 0. The van der Waals surface area contributed by atoms with Crippen molar-refractivity contribution in [2.24, 2.45) is 0 Å². The Labute approximate surface area is 131 Å². The van der Waals surface area contributed by atoms with Crippen LogP contribution in [0.4, 0.5) is 5.69 Å². The molecular formula is C15H22ClN3O2. The number of nitrogens with one attached hydrogen (secondary N) is 3. The summed E-state index contributed by atoms with van der Waals surface area (Å²) in [6, 6.07) is 7.21. The van der Waals surface area contributed by atoms with Crippen molar-refractivity contribution in [1.29, 1.82) is 0 Å². The number of anilines is 1. The summed E-state index contributed by atoms with van der Waals surface area (Å²) in [5.74, 6) is -0.148. The largest absolute Gasteiger partial charge is 0.348 e. The van der Waals surface area contributed by atoms with Gasteiger partial charge in [0.15, 0.2) is 0 Å². The Bertz CT molecular complexity index is 488. The third kappa shape index (κ3) is 5.36. The lowest BCUT2D eigenvalue weighted by molar-refractivity contribution is -0.115. The lowest BCUT2D eigenvalue weighted by Crippen LogP contribution is -2.45. The lowest BCUT2D eigenvalue weighted by Gasteiger charge is -2.23. The fraction of sp³-hybridized carbons (Fsp3) is 0.467. The van der Waals surface area contributed by atoms with E-state index in [-0.39, 0.29) is 30.3 Å². The Hall–Kier alpha value is -1.59. The second kappa shape index (κ2) is 8.64. The van der Waals surface area contributed by atoms with Gasteiger partial charge in [-0.2, -0.15) is 0 Å². The Morgan fingerprint density at radius 2 is 2.19 bits per heavy atom. The summed E-state index contributed by atoms with van der Waals surface area (Å²) in [7, 11) is 0. The van der Waals surface area contributed by atoms with Crippen LogP contribution < -0.4 is 16.0 Å². The van der Waals surface area contributed by atoms with Crippen LogP contribution >= 0.6 is 12.4 Å². The molecule has 1 aliphatic rings. The molecule has 0 unspecified atom stereocenters. The monoisotopic (exact) mass is 311 g/mol. The first-order valence-corrected chi connectivity index (χ1v) is 7.10. The van der Waals surface area contributed by atoms with E-state index in [1.807, 2.05) is 0 Å². The Morgan fingerprint density at radius 1 is 1.38 bits per heavy atom. The molecule has 2 amide bonds. The summed E-state index contributed by atoms with van der Waals surface area (Å²) in [6.07, 6.45) is 2.51. The minimum absolute atomic E-state index is 0. The maximum atomic E-state index is 12.2. The number of piperidine rings is 1. The van der Waals surface area contributed by atoms with E-state index >= 15 is 0 Å². The van der Waals surface area contributed by atoms with Crippen molar-refractivity contribution in [3.8, 4) is 0 Å². The zero-order chi connectivity index (χ0) is 14.4. The second-order valence-corrected chi connectivity index (χ2v) is 5.00. The van der Waals surface area contributed by atoms with Crippen LogP contribution in [0.1, 0.15) is 36.5 Å². The fourth-order valence-corrected chi connectivity index (χ4v) is 2.23. The fourth-order valence-electron chi connectivity index (χ4n) is 2.23. The van der Waals surface area contributed by atoms with E-state index < -0.39 is 0 Å². The average Bonchev–Trinajstić information content (AvgIpc) is 2.48. The number of amides is 2. The SMILES string of the molecule is CCC(=O)Nc1cccc(C(=O)N[C@H]2CCCNC2)c1.Cl. The highest BCUT2D eigenvalue weighted by atomic mass is 35.5. The average molecular weight is 312 g/mol. The van der Waals surface area contributed by atoms with Gasteiger partial charge >= 0.3 is 0 Å². The molecule has 0 bridgehead atoms. The van der Waals surface area contributed by atoms with Gasteiger partial charge in [0.1, 0.15) is 0 Å². The number of rotatable bonds is 4. The molecule has 1 fully saturated rings. The van der Waals surface area contributed by atoms with Crippen molar-refractivity contribution in [2.45, 2.75) is 32.2 Å². The van der Waals surface area contributed by atoms with Crippen LogP contribution in [-0.2, 0) is 4.79 Å². The molecule has 6 heteroatoms. The topological polar surface area (TPSA) is 70.2 Å². The molecule has 116 valence electrons. The quantitative estimate of drug-likeness (QED) is 0.796. The predicted octanol–water partition coefficient (Wildman–Crippen LogP) is 1.94. The van der Waals surface area contributed by atoms with Gasteiger partial charge in [-0.15, -0.1) is 12.4 Å². The zero-order valence-corrected chi connectivity index (χ0v) is 13.0. The molecule has 3 N–H and O–H groups in total. The third-order valence-electron chi connectivity index (χ3n) is 3.36. The number of hydrogen-bond donors (Lipinski definition) is 3. The Kier molecular flexibility index (Phi) is 7.19. The molecule has 1 saturated heterocycles. The molecule has 0 saturated carbocycles. The molecule has 1 heterocycles. The van der Waals surface area contributed by atoms with Crippen molar-refractivity contribution in [1.82, 2.24) is 10.6 Å². The molecule has 0 aromatic heterocycles. The number of hydrogen-bond acceptors (Lipinski definition) is 3. The molecule has 1 aromatic carbocycles. The summed E-state index contributed by atoms with van der Waals surface area (Å²) in [5.41, 5.74) is 1.23. The standard InChI is InChI=1S/C15H21N3O2.ClH/c1-2-14(19)17-12-6-3-5-11(9-12)15(20)18-13-7-4-8-16-10-13;/h3,5-6,9,13,16H,2,4,7-8,10H2,1H3,(H,17,19)(H,18,20);1H/t13-;/m0./s1. The predicted molar refractivity (Wildman–Crippen MR) is 86.0 cm³/mol. The number of carbonyl (C=O) groups is 2. The van der Waals surface area contributed by atoms with Gasteiger partial charge in [-0.3, -0.25) is 9.59 Å². The van der Waals surface area contributed by atoms with Crippen molar-refractivity contribution in [3.05, 3.63) is 29.8 Å². The van der Waals surface area contributed by atoms with Gasteiger partial charge in [-0.05, 0) is 37.6 Å². The number of carbonyl (C=O) groups excluding carboxylic acids is 2. The van der Waals surface area contributed by atoms with Crippen molar-refractivity contribution in [2.75, 3.05) is 18.4 Å². The van der Waals surface area contributed by atoms with E-state index in [1.165, 1.54) is 0 Å². The first-order valence-electron chi connectivity index (χ1n) is 7.10. The van der Waals surface area contributed by atoms with Crippen LogP contribution in [0.5, 0.6) is 0 Å². The Balaban J connectivity index is 0.00000220. The molecule has 5 nitrogen and oxygen atoms in total. The van der Waals surface area contributed by atoms with E-state index in [9.17, 15) is 9.59 Å². The maximum absolute atomic E-state index is 12.2. The number of benzene rings is 1. The third-order valence-corrected chi connectivity index (χ3v) is 3.36. The molecule has 0 spiro atoms. The van der Waals surface area contributed by atoms with E-state index in [0.717, 1.165) is 25.9 Å². The number of halogens is 1. The van der Waals surface area contributed by atoms with Gasteiger partial charge < -0.3 is 16.0 Å². The van der Waals surface area contributed by atoms with Gasteiger partial charge in [0, 0.05) is 30.3 Å². The summed E-state index contributed by atoms with van der Waals surface area (Å²) in [4.78, 5) is 23.5. The smallest absolute Gasteiger partial charge is 0.251 e. The lowest BCUT2D eigenvalue weighted by atomic mass is 10.1. The van der Waals surface area contributed by atoms with Crippen LogP contribution in [0, 0.1) is 0 Å². The molecule has 1 atom stereocenters. The highest BCUT2D eigenvalue weighted by Gasteiger charge is 2.16. The Morgan fingerprint density at radius 3 is 2.86 bits per heavy atom. The highest BCUT2D eigenvalue weighted by molar-refractivity contribution is 5.97. The minimum atomic E-state index is -0.0914. The molecule has 1 aliphatic heterocycles. The van der Waals surface area contributed by atoms with Crippen LogP contribution in [0.15, 0.2) is 24.3 Å². The summed E-state index contributed by atoms with van der Waals surface area (Å²) in [6.45, 7) is 3.63. The van der Waals surface area contributed by atoms with E-state index in [0.29, 0.717) is 17.7 Å². The van der Waals surface area contributed by atoms with Crippen LogP contribution in [0.2, 0.25) is 0 Å². The van der Waals surface area contributed by atoms with E-state index in [2.05, 4.69) is 16.0 Å². The van der Waals surface area contributed by atoms with Crippen molar-refractivity contribution in [3.63, 3.8) is 0 Å². The minimum Gasteiger partial charge on any atom is -0.348 e. The molecule has 0 aliphatic carbocycles. The van der Waals surface area contributed by atoms with Crippen molar-refractivity contribution >= 4 is 29.9 Å². The zero-order valence-electron chi connectivity index (χ0n) is 12.1. The van der Waals surface area contributed by atoms with Crippen LogP contribution in [0.25, 0.3) is 0 Å². The summed E-state index contributed by atoms with van der Waals surface area (Å²) in [5, 5.41) is 9.04. The first kappa shape index (κ1) is 17.5. The summed E-state index contributed by atoms with van der Waals surface area (Å²) >= 11 is 0. The van der Waals surface area contributed by atoms with Gasteiger partial charge in [-0.25, -0.2) is 0 Å². The van der Waals surface area contributed by atoms with Crippen molar-refractivity contribution < 1.29 is 9.59 Å². The van der Waals surface area contributed by atoms with Gasteiger partial charge in [0.2, 0.25) is 5.91 Å². The molecule has 0 radical (unpaired) electrons. The maximum Gasteiger partial charge on any atom is 0.251 e. The van der Waals surface area contributed by atoms with E-state index in [1.54, 1.807) is 31.2 Å². The molecular weight excluding hydrogens is 290 g/mol. The van der Waals surface area contributed by atoms with Gasteiger partial charge in [0.05, 0.1) is 0 Å².